The van der Waals surface area contributed by atoms with Crippen LogP contribution in [0, 0.1) is 5.92 Å². The lowest BCUT2D eigenvalue weighted by Gasteiger charge is -2.31. The summed E-state index contributed by atoms with van der Waals surface area (Å²) in [6.45, 7) is 6.20. The summed E-state index contributed by atoms with van der Waals surface area (Å²) in [5.74, 6) is 2.25. The van der Waals surface area contributed by atoms with E-state index < -0.39 is 0 Å². The van der Waals surface area contributed by atoms with Crippen LogP contribution in [0.15, 0.2) is 4.42 Å². The van der Waals surface area contributed by atoms with E-state index in [4.69, 9.17) is 4.42 Å². The molecule has 1 N–H and O–H groups in total. The van der Waals surface area contributed by atoms with E-state index in [9.17, 15) is 0 Å². The minimum atomic E-state index is 0.740. The Morgan fingerprint density at radius 3 is 2.94 bits per heavy atom. The van der Waals surface area contributed by atoms with Gasteiger partial charge in [0.15, 0.2) is 0 Å². The molecule has 0 aliphatic carbocycles. The van der Waals surface area contributed by atoms with Gasteiger partial charge in [0, 0.05) is 13.0 Å². The van der Waals surface area contributed by atoms with Crippen LogP contribution in [0.3, 0.4) is 0 Å². The van der Waals surface area contributed by atoms with Gasteiger partial charge in [0.2, 0.25) is 11.8 Å². The van der Waals surface area contributed by atoms with Gasteiger partial charge in [0.1, 0.15) is 0 Å². The third-order valence-electron chi connectivity index (χ3n) is 3.27. The first-order chi connectivity index (χ1) is 8.31. The fourth-order valence-electron chi connectivity index (χ4n) is 2.44. The van der Waals surface area contributed by atoms with Gasteiger partial charge >= 0.3 is 0 Å². The van der Waals surface area contributed by atoms with Crippen molar-refractivity contribution >= 4 is 0 Å². The standard InChI is InChI=1S/C12H22N4O/c1-3-11-14-15-12(17-11)9-16-6-4-5-10(8-16)7-13-2/h10,13H,3-9H2,1-2H3. The van der Waals surface area contributed by atoms with E-state index in [-0.39, 0.29) is 0 Å². The minimum absolute atomic E-state index is 0.740. The van der Waals surface area contributed by atoms with Crippen LogP contribution in [0.25, 0.3) is 0 Å². The van der Waals surface area contributed by atoms with E-state index in [0.717, 1.165) is 50.3 Å². The highest BCUT2D eigenvalue weighted by molar-refractivity contribution is 4.83. The molecule has 1 aliphatic heterocycles. The van der Waals surface area contributed by atoms with Gasteiger partial charge in [0.05, 0.1) is 6.54 Å². The molecule has 0 radical (unpaired) electrons. The Labute approximate surface area is 103 Å². The zero-order chi connectivity index (χ0) is 12.1. The van der Waals surface area contributed by atoms with Crippen molar-refractivity contribution in [3.05, 3.63) is 11.8 Å². The largest absolute Gasteiger partial charge is 0.424 e. The van der Waals surface area contributed by atoms with Crippen molar-refractivity contribution in [2.45, 2.75) is 32.7 Å². The molecule has 2 rings (SSSR count). The summed E-state index contributed by atoms with van der Waals surface area (Å²) in [5.41, 5.74) is 0. The van der Waals surface area contributed by atoms with Crippen molar-refractivity contribution in [3.63, 3.8) is 0 Å². The molecule has 1 saturated heterocycles. The van der Waals surface area contributed by atoms with E-state index in [1.54, 1.807) is 0 Å². The molecule has 17 heavy (non-hydrogen) atoms. The van der Waals surface area contributed by atoms with Crippen molar-refractivity contribution in [1.29, 1.82) is 0 Å². The summed E-state index contributed by atoms with van der Waals surface area (Å²) in [5, 5.41) is 11.3. The monoisotopic (exact) mass is 238 g/mol. The smallest absolute Gasteiger partial charge is 0.230 e. The number of piperidine rings is 1. The number of nitrogens with one attached hydrogen (secondary N) is 1. The predicted octanol–water partition coefficient (Wildman–Crippen LogP) is 1.06. The number of nitrogens with zero attached hydrogens (tertiary/aromatic N) is 3. The first kappa shape index (κ1) is 12.5. The van der Waals surface area contributed by atoms with E-state index in [0.29, 0.717) is 0 Å². The molecule has 1 unspecified atom stereocenters. The summed E-state index contributed by atoms with van der Waals surface area (Å²) in [6, 6.07) is 0. The van der Waals surface area contributed by atoms with Crippen molar-refractivity contribution in [3.8, 4) is 0 Å². The molecule has 1 fully saturated rings. The van der Waals surface area contributed by atoms with E-state index in [2.05, 4.69) is 20.4 Å². The molecule has 1 aromatic heterocycles. The van der Waals surface area contributed by atoms with Gasteiger partial charge in [-0.15, -0.1) is 10.2 Å². The minimum Gasteiger partial charge on any atom is -0.424 e. The third kappa shape index (κ3) is 3.51. The molecule has 5 heteroatoms. The number of aromatic nitrogens is 2. The van der Waals surface area contributed by atoms with Gasteiger partial charge in [-0.2, -0.15) is 0 Å². The SMILES string of the molecule is CCc1nnc(CN2CCCC(CNC)C2)o1. The fraction of sp³-hybridized carbons (Fsp3) is 0.833. The van der Waals surface area contributed by atoms with E-state index in [1.807, 2.05) is 14.0 Å². The second-order valence-corrected chi connectivity index (χ2v) is 4.74. The predicted molar refractivity (Wildman–Crippen MR) is 65.6 cm³/mol. The van der Waals surface area contributed by atoms with Crippen LogP contribution in [-0.2, 0) is 13.0 Å². The first-order valence-corrected chi connectivity index (χ1v) is 6.50. The summed E-state index contributed by atoms with van der Waals surface area (Å²) in [6.07, 6.45) is 3.40. The van der Waals surface area contributed by atoms with Gasteiger partial charge in [-0.3, -0.25) is 4.90 Å². The Morgan fingerprint density at radius 2 is 2.24 bits per heavy atom. The highest BCUT2D eigenvalue weighted by Crippen LogP contribution is 2.17. The van der Waals surface area contributed by atoms with Gasteiger partial charge in [-0.1, -0.05) is 6.92 Å². The highest BCUT2D eigenvalue weighted by Gasteiger charge is 2.20. The van der Waals surface area contributed by atoms with Crippen molar-refractivity contribution in [2.24, 2.45) is 5.92 Å². The first-order valence-electron chi connectivity index (χ1n) is 6.50. The van der Waals surface area contributed by atoms with Gasteiger partial charge in [-0.05, 0) is 38.9 Å². The number of likely N-dealkylation sites (tertiary alicyclic amines) is 1. The molecule has 0 amide bonds. The van der Waals surface area contributed by atoms with Gasteiger partial charge in [0.25, 0.3) is 0 Å². The molecule has 2 heterocycles. The molecule has 5 nitrogen and oxygen atoms in total. The second-order valence-electron chi connectivity index (χ2n) is 4.74. The summed E-state index contributed by atoms with van der Waals surface area (Å²) >= 11 is 0. The van der Waals surface area contributed by atoms with Crippen LogP contribution in [-0.4, -0.2) is 41.8 Å². The van der Waals surface area contributed by atoms with Gasteiger partial charge < -0.3 is 9.73 Å². The summed E-state index contributed by atoms with van der Waals surface area (Å²) in [4.78, 5) is 2.42. The van der Waals surface area contributed by atoms with Crippen LogP contribution in [0.4, 0.5) is 0 Å². The number of aryl methyl sites for hydroxylation is 1. The number of rotatable bonds is 5. The quantitative estimate of drug-likeness (QED) is 0.831. The van der Waals surface area contributed by atoms with Gasteiger partial charge in [-0.25, -0.2) is 0 Å². The van der Waals surface area contributed by atoms with Crippen molar-refractivity contribution in [1.82, 2.24) is 20.4 Å². The fourth-order valence-corrected chi connectivity index (χ4v) is 2.44. The lowest BCUT2D eigenvalue weighted by molar-refractivity contribution is 0.153. The van der Waals surface area contributed by atoms with Crippen LogP contribution in [0.5, 0.6) is 0 Å². The van der Waals surface area contributed by atoms with E-state index in [1.165, 1.54) is 12.8 Å². The Kier molecular flexibility index (Phi) is 4.50. The Balaban J connectivity index is 1.85. The molecule has 0 bridgehead atoms. The molecule has 96 valence electrons. The average molecular weight is 238 g/mol. The molecule has 1 aromatic rings. The van der Waals surface area contributed by atoms with Crippen LogP contribution in [0.1, 0.15) is 31.5 Å². The van der Waals surface area contributed by atoms with E-state index >= 15 is 0 Å². The molecule has 1 aliphatic rings. The second kappa shape index (κ2) is 6.12. The maximum absolute atomic E-state index is 5.55. The summed E-state index contributed by atoms with van der Waals surface area (Å²) in [7, 11) is 2.02. The summed E-state index contributed by atoms with van der Waals surface area (Å²) < 4.78 is 5.55. The third-order valence-corrected chi connectivity index (χ3v) is 3.27. The molecule has 1 atom stereocenters. The Morgan fingerprint density at radius 1 is 1.41 bits per heavy atom. The topological polar surface area (TPSA) is 54.2 Å². The molecule has 0 spiro atoms. The molecule has 0 saturated carbocycles. The van der Waals surface area contributed by atoms with Crippen LogP contribution >= 0.6 is 0 Å². The molecular weight excluding hydrogens is 216 g/mol. The Hall–Kier alpha value is -0.940. The van der Waals surface area contributed by atoms with Crippen LogP contribution < -0.4 is 5.32 Å². The lowest BCUT2D eigenvalue weighted by Crippen LogP contribution is -2.38. The highest BCUT2D eigenvalue weighted by atomic mass is 16.4. The van der Waals surface area contributed by atoms with Crippen molar-refractivity contribution in [2.75, 3.05) is 26.7 Å². The molecular formula is C12H22N4O. The Bertz CT molecular complexity index is 337. The zero-order valence-corrected chi connectivity index (χ0v) is 10.8. The normalized spacial score (nSPS) is 21.9. The lowest BCUT2D eigenvalue weighted by atomic mass is 9.98. The van der Waals surface area contributed by atoms with Crippen molar-refractivity contribution < 1.29 is 4.42 Å². The zero-order valence-electron chi connectivity index (χ0n) is 10.8. The maximum Gasteiger partial charge on any atom is 0.230 e. The average Bonchev–Trinajstić information content (AvgIpc) is 2.78. The maximum atomic E-state index is 5.55. The van der Waals surface area contributed by atoms with Crippen LogP contribution in [0.2, 0.25) is 0 Å². The number of hydrogen-bond donors (Lipinski definition) is 1. The number of hydrogen-bond acceptors (Lipinski definition) is 5. The molecule has 0 aromatic carbocycles.